The van der Waals surface area contributed by atoms with Crippen LogP contribution in [0.1, 0.15) is 78.9 Å². The molecule has 302 valence electrons. The van der Waals surface area contributed by atoms with Crippen LogP contribution in [0.3, 0.4) is 0 Å². The van der Waals surface area contributed by atoms with Crippen molar-refractivity contribution in [3.8, 4) is 5.75 Å². The van der Waals surface area contributed by atoms with E-state index in [9.17, 15) is 19.8 Å². The molecule has 0 unspecified atom stereocenters. The van der Waals surface area contributed by atoms with Gasteiger partial charge in [-0.05, 0) is 86.6 Å². The normalized spacial score (nSPS) is 28.1. The van der Waals surface area contributed by atoms with E-state index in [0.29, 0.717) is 29.1 Å². The van der Waals surface area contributed by atoms with Crippen molar-refractivity contribution in [3.63, 3.8) is 0 Å². The summed E-state index contributed by atoms with van der Waals surface area (Å²) in [4.78, 5) is 37.9. The lowest BCUT2D eigenvalue weighted by Gasteiger charge is -2.62. The summed E-state index contributed by atoms with van der Waals surface area (Å²) < 4.78 is 6.07. The first kappa shape index (κ1) is 43.5. The minimum absolute atomic E-state index is 0.0307. The van der Waals surface area contributed by atoms with Crippen molar-refractivity contribution in [1.82, 2.24) is 25.5 Å². The summed E-state index contributed by atoms with van der Waals surface area (Å²) in [5, 5.41) is 29.4. The Kier molecular flexibility index (Phi) is 14.3. The number of hydroxylamine groups is 2. The monoisotopic (exact) mass is 752 g/mol. The Hall–Kier alpha value is -3.22. The first-order valence-corrected chi connectivity index (χ1v) is 19.6. The molecule has 3 saturated carbocycles. The third kappa shape index (κ3) is 10.1. The number of carbonyl (C=O) groups excluding carboxylic acids is 2. The summed E-state index contributed by atoms with van der Waals surface area (Å²) in [6, 6.07) is 4.90. The quantitative estimate of drug-likeness (QED) is 0.139. The van der Waals surface area contributed by atoms with Gasteiger partial charge in [-0.3, -0.25) is 14.4 Å². The fraction of sp³-hybridized carbons (Fsp3) is 0.674. The summed E-state index contributed by atoms with van der Waals surface area (Å²) >= 11 is 0. The number of amides is 2. The van der Waals surface area contributed by atoms with Gasteiger partial charge in [0.2, 0.25) is 11.8 Å². The summed E-state index contributed by atoms with van der Waals surface area (Å²) in [7, 11) is 9.41. The van der Waals surface area contributed by atoms with Crippen LogP contribution in [0.25, 0.3) is 5.57 Å². The lowest BCUT2D eigenvalue weighted by atomic mass is 9.45. The van der Waals surface area contributed by atoms with Crippen LogP contribution in [0.4, 0.5) is 0 Å². The second-order valence-corrected chi connectivity index (χ2v) is 18.3. The zero-order valence-corrected chi connectivity index (χ0v) is 35.0. The molecule has 5 rings (SSSR count). The Labute approximate surface area is 324 Å². The third-order valence-electron chi connectivity index (χ3n) is 12.1. The van der Waals surface area contributed by atoms with E-state index >= 15 is 0 Å². The van der Waals surface area contributed by atoms with Crippen molar-refractivity contribution in [3.05, 3.63) is 59.8 Å². The lowest BCUT2D eigenvalue weighted by molar-refractivity contribution is -0.183. The van der Waals surface area contributed by atoms with Gasteiger partial charge in [0.1, 0.15) is 17.9 Å². The van der Waals surface area contributed by atoms with Crippen LogP contribution in [0.5, 0.6) is 5.75 Å². The van der Waals surface area contributed by atoms with Crippen LogP contribution in [0, 0.1) is 34.5 Å². The number of aliphatic hydroxyl groups excluding tert-OH is 2. The van der Waals surface area contributed by atoms with Crippen molar-refractivity contribution in [2.45, 2.75) is 105 Å². The maximum absolute atomic E-state index is 14.3. The Morgan fingerprint density at radius 2 is 1.85 bits per heavy atom. The summed E-state index contributed by atoms with van der Waals surface area (Å²) in [6.45, 7) is 19.8. The molecule has 4 N–H and O–H groups in total. The number of hydrogen-bond donors (Lipinski definition) is 4. The third-order valence-corrected chi connectivity index (χ3v) is 12.1. The molecule has 4 fully saturated rings. The molecule has 1 heterocycles. The predicted octanol–water partition coefficient (Wildman–Crippen LogP) is 4.85. The highest BCUT2D eigenvalue weighted by molar-refractivity contribution is 5.92. The van der Waals surface area contributed by atoms with Gasteiger partial charge >= 0.3 is 0 Å². The smallest absolute Gasteiger partial charge is 0.244 e. The van der Waals surface area contributed by atoms with Crippen molar-refractivity contribution < 1.29 is 29.4 Å². The highest BCUT2D eigenvalue weighted by atomic mass is 16.7. The maximum atomic E-state index is 14.3. The number of ether oxygens (including phenoxy) is 1. The van der Waals surface area contributed by atoms with E-state index < -0.39 is 24.2 Å². The molecular formula is C43H69N5O6. The molecule has 11 nitrogen and oxygen atoms in total. The van der Waals surface area contributed by atoms with E-state index in [0.717, 1.165) is 36.2 Å². The minimum Gasteiger partial charge on any atom is -0.496 e. The zero-order chi connectivity index (χ0) is 40.3. The Morgan fingerprint density at radius 1 is 1.17 bits per heavy atom. The van der Waals surface area contributed by atoms with E-state index in [1.807, 2.05) is 57.4 Å². The molecule has 2 bridgehead atoms. The molecule has 0 spiro atoms. The number of carbonyl (C=O) groups is 2. The molecule has 0 aromatic heterocycles. The first-order chi connectivity index (χ1) is 25.2. The Bertz CT molecular complexity index is 1540. The van der Waals surface area contributed by atoms with Crippen molar-refractivity contribution in [2.75, 3.05) is 48.5 Å². The highest BCUT2D eigenvalue weighted by Gasteiger charge is 2.57. The van der Waals surface area contributed by atoms with Gasteiger partial charge in [-0.1, -0.05) is 66.3 Å². The van der Waals surface area contributed by atoms with Gasteiger partial charge in [-0.25, -0.2) is 0 Å². The minimum atomic E-state index is -0.907. The van der Waals surface area contributed by atoms with Crippen molar-refractivity contribution >= 4 is 17.4 Å². The average Bonchev–Trinajstić information content (AvgIpc) is 3.44. The van der Waals surface area contributed by atoms with E-state index in [2.05, 4.69) is 63.7 Å². The van der Waals surface area contributed by atoms with E-state index in [1.165, 1.54) is 6.42 Å². The number of benzene rings is 1. The largest absolute Gasteiger partial charge is 0.496 e. The first-order valence-electron chi connectivity index (χ1n) is 19.6. The van der Waals surface area contributed by atoms with Gasteiger partial charge in [0, 0.05) is 61.5 Å². The number of aliphatic hydroxyl groups is 2. The van der Waals surface area contributed by atoms with Crippen LogP contribution in [-0.4, -0.2) is 116 Å². The SMILES string of the molecule is C=C(C=C(C=CC(=O)N[C@H](CN(C)C)CC(C)(C)C)c1cccc(CN2O[C@@H](CO)[C@@H]([C@H](C)O)[C@H]2C(=O)N[C@H]2C[C@H]3C[C@@H]([C@@H]2C)C3(C)C)c1OC)N(C)C. The van der Waals surface area contributed by atoms with E-state index in [-0.39, 0.29) is 47.9 Å². The number of nitrogens with one attached hydrogen (secondary N) is 2. The molecule has 1 aliphatic heterocycles. The number of fused-ring (bicyclic) bond motifs is 2. The number of rotatable bonds is 16. The average molecular weight is 752 g/mol. The molecule has 2 amide bonds. The zero-order valence-electron chi connectivity index (χ0n) is 35.0. The molecule has 54 heavy (non-hydrogen) atoms. The molecule has 11 heteroatoms. The standard InChI is InChI=1S/C43H69N5O6/c1-26(47(11)12)19-29(17-18-37(51)44-32(24-46(9)10)22-42(4,5)6)33-16-14-15-30(40(33)53-13)23-48-39(38(28(3)50)36(25-49)54-48)41(52)45-35-21-31-20-34(27(35)2)43(31,7)8/h14-19,27-28,31-32,34-36,38-39,49-50H,1,20-25H2,2-13H3,(H,44,51)(H,45,52)/t27-,28-,31+,32-,34-,35-,36-,38+,39-/m0/s1. The van der Waals surface area contributed by atoms with Gasteiger partial charge in [0.25, 0.3) is 0 Å². The number of para-hydroxylation sites is 1. The van der Waals surface area contributed by atoms with Crippen molar-refractivity contribution in [2.24, 2.45) is 34.5 Å². The molecule has 4 aliphatic rings. The van der Waals surface area contributed by atoms with Gasteiger partial charge in [-0.15, -0.1) is 0 Å². The van der Waals surface area contributed by atoms with Crippen LogP contribution >= 0.6 is 0 Å². The lowest BCUT2D eigenvalue weighted by Crippen LogP contribution is -2.62. The van der Waals surface area contributed by atoms with Gasteiger partial charge in [0.05, 0.1) is 26.4 Å². The molecule has 3 aliphatic carbocycles. The van der Waals surface area contributed by atoms with Gasteiger partial charge < -0.3 is 35.4 Å². The number of hydrogen-bond acceptors (Lipinski definition) is 9. The van der Waals surface area contributed by atoms with Crippen molar-refractivity contribution in [1.29, 1.82) is 0 Å². The fourth-order valence-electron chi connectivity index (χ4n) is 9.11. The molecule has 0 radical (unpaired) electrons. The summed E-state index contributed by atoms with van der Waals surface area (Å²) in [5.41, 5.74) is 3.22. The predicted molar refractivity (Wildman–Crippen MR) is 215 cm³/mol. The summed E-state index contributed by atoms with van der Waals surface area (Å²) in [6.07, 6.45) is 6.51. The Balaban J connectivity index is 1.65. The van der Waals surface area contributed by atoms with Crippen LogP contribution < -0.4 is 15.4 Å². The van der Waals surface area contributed by atoms with Gasteiger partial charge in [0.15, 0.2) is 0 Å². The summed E-state index contributed by atoms with van der Waals surface area (Å²) in [5.74, 6) is 0.937. The van der Waals surface area contributed by atoms with Crippen LogP contribution in [0.15, 0.2) is 48.7 Å². The molecule has 1 saturated heterocycles. The number of methoxy groups -OCH3 is 1. The van der Waals surface area contributed by atoms with Gasteiger partial charge in [-0.2, -0.15) is 5.06 Å². The molecule has 9 atom stereocenters. The van der Waals surface area contributed by atoms with Crippen LogP contribution in [-0.2, 0) is 21.0 Å². The second-order valence-electron chi connectivity index (χ2n) is 18.3. The molecule has 1 aromatic carbocycles. The molecular weight excluding hydrogens is 683 g/mol. The topological polar surface area (TPSA) is 127 Å². The Morgan fingerprint density at radius 3 is 2.39 bits per heavy atom. The highest BCUT2D eigenvalue weighted by Crippen LogP contribution is 2.61. The second kappa shape index (κ2) is 17.7. The number of nitrogens with zero attached hydrogens (tertiary/aromatic N) is 3. The van der Waals surface area contributed by atoms with E-state index in [1.54, 1.807) is 31.2 Å². The molecule has 1 aromatic rings. The maximum Gasteiger partial charge on any atom is 0.244 e. The fourth-order valence-corrected chi connectivity index (χ4v) is 9.11. The van der Waals surface area contributed by atoms with Crippen LogP contribution in [0.2, 0.25) is 0 Å². The number of likely N-dealkylation sites (N-methyl/N-ethyl adjacent to an activating group) is 2. The van der Waals surface area contributed by atoms with E-state index in [4.69, 9.17) is 9.57 Å². The number of allylic oxidation sites excluding steroid dienone is 3.